The fourth-order valence-electron chi connectivity index (χ4n) is 4.60. The van der Waals surface area contributed by atoms with E-state index in [0.29, 0.717) is 22.3 Å². The Hall–Kier alpha value is -4.71. The van der Waals surface area contributed by atoms with Gasteiger partial charge in [-0.15, -0.1) is 0 Å². The zero-order valence-electron chi connectivity index (χ0n) is 21.9. The number of aryl methyl sites for hydroxylation is 2. The van der Waals surface area contributed by atoms with Crippen LogP contribution in [0.25, 0.3) is 16.8 Å². The smallest absolute Gasteiger partial charge is 0.354 e. The van der Waals surface area contributed by atoms with Gasteiger partial charge in [-0.2, -0.15) is 0 Å². The van der Waals surface area contributed by atoms with Crippen LogP contribution in [-0.2, 0) is 9.53 Å². The van der Waals surface area contributed by atoms with Crippen molar-refractivity contribution in [3.05, 3.63) is 124 Å². The fraction of sp³-hybridized carbons (Fsp3) is 0.156. The molecule has 0 aromatic heterocycles. The molecule has 2 amide bonds. The molecule has 6 nitrogen and oxygen atoms in total. The third kappa shape index (κ3) is 5.81. The Bertz CT molecular complexity index is 1510. The van der Waals surface area contributed by atoms with E-state index in [4.69, 9.17) is 4.74 Å². The van der Waals surface area contributed by atoms with E-state index >= 15 is 0 Å². The average molecular weight is 507 g/mol. The van der Waals surface area contributed by atoms with Gasteiger partial charge in [-0.25, -0.2) is 4.79 Å². The van der Waals surface area contributed by atoms with Gasteiger partial charge >= 0.3 is 5.97 Å². The molecule has 4 aromatic rings. The Kier molecular flexibility index (Phi) is 8.02. The maximum Gasteiger partial charge on any atom is 0.354 e. The van der Waals surface area contributed by atoms with Gasteiger partial charge in [-0.3, -0.25) is 9.59 Å². The molecule has 0 saturated carbocycles. The number of amides is 2. The Labute approximate surface area is 222 Å². The van der Waals surface area contributed by atoms with Gasteiger partial charge in [0.25, 0.3) is 11.8 Å². The molecule has 0 bridgehead atoms. The van der Waals surface area contributed by atoms with Crippen molar-refractivity contribution < 1.29 is 19.1 Å². The van der Waals surface area contributed by atoms with Crippen molar-refractivity contribution in [2.24, 2.45) is 0 Å². The molecule has 0 radical (unpaired) electrons. The molecule has 192 valence electrons. The molecule has 2 N–H and O–H groups in total. The highest BCUT2D eigenvalue weighted by Gasteiger charge is 2.21. The molecule has 0 aliphatic heterocycles. The minimum atomic E-state index is -0.657. The maximum atomic E-state index is 13.2. The van der Waals surface area contributed by atoms with Crippen LogP contribution in [0, 0.1) is 13.8 Å². The van der Waals surface area contributed by atoms with E-state index in [1.54, 1.807) is 32.1 Å². The molecular weight excluding hydrogens is 476 g/mol. The summed E-state index contributed by atoms with van der Waals surface area (Å²) in [5.74, 6) is -1.34. The number of carbonyl (C=O) groups is 3. The van der Waals surface area contributed by atoms with Crippen LogP contribution < -0.4 is 10.6 Å². The number of hydrogen-bond donors (Lipinski definition) is 2. The Balaban J connectivity index is 1.55. The summed E-state index contributed by atoms with van der Waals surface area (Å²) in [5, 5.41) is 7.96. The van der Waals surface area contributed by atoms with E-state index in [1.807, 2.05) is 79.7 Å². The second-order valence-corrected chi connectivity index (χ2v) is 9.16. The van der Waals surface area contributed by atoms with Crippen LogP contribution >= 0.6 is 0 Å². The van der Waals surface area contributed by atoms with Crippen LogP contribution in [0.4, 0.5) is 0 Å². The highest BCUT2D eigenvalue weighted by molar-refractivity contribution is 6.05. The minimum absolute atomic E-state index is 0.0215. The molecule has 0 aliphatic carbocycles. The average Bonchev–Trinajstić information content (AvgIpc) is 2.92. The lowest BCUT2D eigenvalue weighted by atomic mass is 9.97. The molecule has 6 heteroatoms. The lowest BCUT2D eigenvalue weighted by Gasteiger charge is -2.18. The van der Waals surface area contributed by atoms with Crippen molar-refractivity contribution in [3.8, 4) is 0 Å². The summed E-state index contributed by atoms with van der Waals surface area (Å²) in [6.07, 6.45) is 1.56. The zero-order chi connectivity index (χ0) is 27.2. The Morgan fingerprint density at radius 2 is 1.45 bits per heavy atom. The van der Waals surface area contributed by atoms with Crippen LogP contribution in [0.15, 0.2) is 90.6 Å². The van der Waals surface area contributed by atoms with Crippen molar-refractivity contribution in [3.63, 3.8) is 0 Å². The van der Waals surface area contributed by atoms with Gasteiger partial charge in [0.2, 0.25) is 0 Å². The first-order valence-electron chi connectivity index (χ1n) is 12.3. The number of esters is 1. The quantitative estimate of drug-likeness (QED) is 0.242. The van der Waals surface area contributed by atoms with E-state index in [-0.39, 0.29) is 17.6 Å². The van der Waals surface area contributed by atoms with Crippen molar-refractivity contribution in [1.29, 1.82) is 0 Å². The lowest BCUT2D eigenvalue weighted by molar-refractivity contribution is -0.136. The second-order valence-electron chi connectivity index (χ2n) is 9.16. The van der Waals surface area contributed by atoms with Gasteiger partial charge in [-0.1, -0.05) is 72.8 Å². The summed E-state index contributed by atoms with van der Waals surface area (Å²) >= 11 is 0. The Morgan fingerprint density at radius 1 is 0.816 bits per heavy atom. The fourth-order valence-corrected chi connectivity index (χ4v) is 4.60. The summed E-state index contributed by atoms with van der Waals surface area (Å²) in [7, 11) is 1.26. The van der Waals surface area contributed by atoms with Crippen molar-refractivity contribution in [1.82, 2.24) is 10.6 Å². The molecule has 0 unspecified atom stereocenters. The third-order valence-corrected chi connectivity index (χ3v) is 6.42. The van der Waals surface area contributed by atoms with E-state index in [2.05, 4.69) is 10.6 Å². The number of fused-ring (bicyclic) bond motifs is 1. The predicted octanol–water partition coefficient (Wildman–Crippen LogP) is 5.89. The van der Waals surface area contributed by atoms with Crippen LogP contribution in [0.2, 0.25) is 0 Å². The number of benzene rings is 4. The maximum absolute atomic E-state index is 13.2. The van der Waals surface area contributed by atoms with Gasteiger partial charge in [0.15, 0.2) is 0 Å². The predicted molar refractivity (Wildman–Crippen MR) is 150 cm³/mol. The number of methoxy groups -OCH3 is 1. The summed E-state index contributed by atoms with van der Waals surface area (Å²) in [4.78, 5) is 38.7. The Morgan fingerprint density at radius 3 is 2.13 bits per heavy atom. The molecule has 1 atom stereocenters. The molecule has 38 heavy (non-hydrogen) atoms. The van der Waals surface area contributed by atoms with Crippen molar-refractivity contribution >= 4 is 34.6 Å². The number of nitrogens with one attached hydrogen (secondary N) is 2. The normalized spacial score (nSPS) is 12.1. The zero-order valence-corrected chi connectivity index (χ0v) is 21.9. The minimum Gasteiger partial charge on any atom is -0.464 e. The monoisotopic (exact) mass is 506 g/mol. The number of hydrogen-bond acceptors (Lipinski definition) is 4. The van der Waals surface area contributed by atoms with Crippen LogP contribution in [0.5, 0.6) is 0 Å². The molecule has 4 rings (SSSR count). The first kappa shape index (κ1) is 26.4. The van der Waals surface area contributed by atoms with E-state index in [0.717, 1.165) is 21.9 Å². The molecule has 0 fully saturated rings. The van der Waals surface area contributed by atoms with Gasteiger partial charge < -0.3 is 15.4 Å². The topological polar surface area (TPSA) is 84.5 Å². The lowest BCUT2D eigenvalue weighted by Crippen LogP contribution is -2.30. The summed E-state index contributed by atoms with van der Waals surface area (Å²) in [5.41, 5.74) is 3.88. The van der Waals surface area contributed by atoms with Crippen molar-refractivity contribution in [2.75, 3.05) is 7.11 Å². The van der Waals surface area contributed by atoms with Crippen LogP contribution in [0.1, 0.15) is 55.9 Å². The largest absolute Gasteiger partial charge is 0.464 e. The summed E-state index contributed by atoms with van der Waals surface area (Å²) in [6, 6.07) is 26.4. The highest BCUT2D eigenvalue weighted by atomic mass is 16.5. The first-order chi connectivity index (χ1) is 18.3. The first-order valence-corrected chi connectivity index (χ1v) is 12.3. The summed E-state index contributed by atoms with van der Waals surface area (Å²) < 4.78 is 4.86. The highest BCUT2D eigenvalue weighted by Crippen LogP contribution is 2.25. The van der Waals surface area contributed by atoms with Crippen molar-refractivity contribution in [2.45, 2.75) is 26.8 Å². The molecule has 4 aromatic carbocycles. The van der Waals surface area contributed by atoms with Gasteiger partial charge in [0, 0.05) is 11.1 Å². The van der Waals surface area contributed by atoms with Crippen LogP contribution in [0.3, 0.4) is 0 Å². The summed E-state index contributed by atoms with van der Waals surface area (Å²) in [6.45, 7) is 5.49. The molecule has 0 aliphatic rings. The number of rotatable bonds is 7. The van der Waals surface area contributed by atoms with E-state index in [9.17, 15) is 14.4 Å². The molecule has 0 saturated heterocycles. The molecule has 0 heterocycles. The van der Waals surface area contributed by atoms with Gasteiger partial charge in [-0.05, 0) is 72.0 Å². The number of carbonyl (C=O) groups excluding carboxylic acids is 3. The number of ether oxygens (including phenoxy) is 1. The van der Waals surface area contributed by atoms with Crippen LogP contribution in [-0.4, -0.2) is 24.9 Å². The molecular formula is C32H30N2O4. The van der Waals surface area contributed by atoms with Gasteiger partial charge in [0.1, 0.15) is 5.70 Å². The van der Waals surface area contributed by atoms with E-state index < -0.39 is 11.9 Å². The van der Waals surface area contributed by atoms with E-state index in [1.165, 1.54) is 7.11 Å². The van der Waals surface area contributed by atoms with Gasteiger partial charge in [0.05, 0.1) is 13.2 Å². The SMILES string of the molecule is COC(=O)/C(=C/c1ccccc1)NC(=O)c1c(C)cc(C(=O)N[C@H](C)c2cccc3ccccc23)cc1C. The standard InChI is InChI=1S/C32H30N2O4/c1-20-17-25(30(35)33-22(3)26-16-10-14-24-13-8-9-15-27(24)26)18-21(2)29(20)31(36)34-28(32(37)38-4)19-23-11-6-5-7-12-23/h5-19,22H,1-4H3,(H,33,35)(H,34,36)/b28-19-/t22-/m1/s1. The third-order valence-electron chi connectivity index (χ3n) is 6.42. The second kappa shape index (κ2) is 11.6. The molecule has 0 spiro atoms.